The molecule has 0 fully saturated rings. The maximum absolute atomic E-state index is 12.0. The van der Waals surface area contributed by atoms with Crippen molar-refractivity contribution in [3.8, 4) is 11.5 Å². The number of hydrogen-bond donors (Lipinski definition) is 3. The van der Waals surface area contributed by atoms with Gasteiger partial charge in [0, 0.05) is 19.0 Å². The number of carboxylic acid groups (broad SMARTS) is 1. The summed E-state index contributed by atoms with van der Waals surface area (Å²) in [6.07, 6.45) is -1.11. The predicted octanol–water partition coefficient (Wildman–Crippen LogP) is -0.428. The van der Waals surface area contributed by atoms with Gasteiger partial charge in [0.15, 0.2) is 17.6 Å². The van der Waals surface area contributed by atoms with Gasteiger partial charge in [0.25, 0.3) is 0 Å². The third-order valence-electron chi connectivity index (χ3n) is 2.78. The highest BCUT2D eigenvalue weighted by Gasteiger charge is 2.21. The number of benzene rings is 1. The Kier molecular flexibility index (Phi) is 4.66. The van der Waals surface area contributed by atoms with E-state index in [1.165, 1.54) is 18.2 Å². The van der Waals surface area contributed by atoms with E-state index in [2.05, 4.69) is 0 Å². The molecule has 0 aliphatic carbocycles. The lowest BCUT2D eigenvalue weighted by Crippen LogP contribution is -2.36. The molecule has 8 nitrogen and oxygen atoms in total. The van der Waals surface area contributed by atoms with Crippen LogP contribution < -0.4 is 14.2 Å². The Bertz CT molecular complexity index is 628. The van der Waals surface area contributed by atoms with Crippen LogP contribution in [0.4, 0.5) is 0 Å². The van der Waals surface area contributed by atoms with E-state index < -0.39 is 28.6 Å². The van der Waals surface area contributed by atoms with Gasteiger partial charge in [-0.3, -0.25) is 0 Å². The van der Waals surface area contributed by atoms with Crippen molar-refractivity contribution >= 4 is 16.0 Å². The van der Waals surface area contributed by atoms with E-state index in [4.69, 9.17) is 19.7 Å². The second kappa shape index (κ2) is 6.29. The first-order valence-corrected chi connectivity index (χ1v) is 7.68. The standard InChI is InChI=1S/C12H15NO7S/c14-9(12(15)16)7-13-21(17,18)8-2-3-10-11(6-8)20-5-1-4-19-10/h2-3,6,9,13-14H,1,4-5,7H2,(H,15,16)/t9-/m0/s1. The van der Waals surface area contributed by atoms with Crippen LogP contribution in [0.25, 0.3) is 0 Å². The van der Waals surface area contributed by atoms with Gasteiger partial charge in [0.2, 0.25) is 10.0 Å². The Balaban J connectivity index is 2.16. The Labute approximate surface area is 121 Å². The second-order valence-corrected chi connectivity index (χ2v) is 6.13. The van der Waals surface area contributed by atoms with Crippen molar-refractivity contribution in [1.82, 2.24) is 4.72 Å². The summed E-state index contributed by atoms with van der Waals surface area (Å²) >= 11 is 0. The molecule has 0 unspecified atom stereocenters. The number of carboxylic acids is 1. The van der Waals surface area contributed by atoms with Gasteiger partial charge in [-0.15, -0.1) is 0 Å². The molecule has 2 rings (SSSR count). The smallest absolute Gasteiger partial charge is 0.333 e. The highest BCUT2D eigenvalue weighted by atomic mass is 32.2. The van der Waals surface area contributed by atoms with E-state index >= 15 is 0 Å². The van der Waals surface area contributed by atoms with Crippen LogP contribution in [-0.4, -0.2) is 50.5 Å². The second-order valence-electron chi connectivity index (χ2n) is 4.36. The number of rotatable bonds is 5. The molecular formula is C12H15NO7S. The van der Waals surface area contributed by atoms with Gasteiger partial charge in [-0.1, -0.05) is 0 Å². The first-order valence-electron chi connectivity index (χ1n) is 6.20. The summed E-state index contributed by atoms with van der Waals surface area (Å²) in [6, 6.07) is 4.10. The summed E-state index contributed by atoms with van der Waals surface area (Å²) in [4.78, 5) is 10.4. The Morgan fingerprint density at radius 2 is 1.95 bits per heavy atom. The molecule has 0 saturated heterocycles. The number of fused-ring (bicyclic) bond motifs is 1. The fourth-order valence-corrected chi connectivity index (χ4v) is 2.72. The summed E-state index contributed by atoms with van der Waals surface area (Å²) < 4.78 is 36.8. The molecule has 0 radical (unpaired) electrons. The van der Waals surface area contributed by atoms with E-state index in [1.54, 1.807) is 0 Å². The van der Waals surface area contributed by atoms with Crippen molar-refractivity contribution in [1.29, 1.82) is 0 Å². The summed E-state index contributed by atoms with van der Waals surface area (Å²) in [7, 11) is -3.94. The average Bonchev–Trinajstić information content (AvgIpc) is 2.69. The van der Waals surface area contributed by atoms with Gasteiger partial charge in [-0.05, 0) is 12.1 Å². The number of hydrogen-bond acceptors (Lipinski definition) is 6. The molecule has 1 aliphatic rings. The van der Waals surface area contributed by atoms with Crippen LogP contribution in [-0.2, 0) is 14.8 Å². The van der Waals surface area contributed by atoms with Crippen LogP contribution in [0.5, 0.6) is 11.5 Å². The summed E-state index contributed by atoms with van der Waals surface area (Å²) in [5.41, 5.74) is 0. The molecule has 21 heavy (non-hydrogen) atoms. The van der Waals surface area contributed by atoms with Crippen molar-refractivity contribution < 1.29 is 32.9 Å². The summed E-state index contributed by atoms with van der Waals surface area (Å²) in [6.45, 7) is 0.288. The van der Waals surface area contributed by atoms with Crippen molar-refractivity contribution in [2.75, 3.05) is 19.8 Å². The number of aliphatic carboxylic acids is 1. The SMILES string of the molecule is O=C(O)[C@@H](O)CNS(=O)(=O)c1ccc2c(c1)OCCCO2. The van der Waals surface area contributed by atoms with E-state index in [-0.39, 0.29) is 4.90 Å². The molecule has 0 amide bonds. The number of carbonyl (C=O) groups is 1. The molecule has 1 atom stereocenters. The fourth-order valence-electron chi connectivity index (χ4n) is 1.67. The topological polar surface area (TPSA) is 122 Å². The average molecular weight is 317 g/mol. The van der Waals surface area contributed by atoms with Crippen LogP contribution in [0, 0.1) is 0 Å². The number of aliphatic hydroxyl groups is 1. The Hall–Kier alpha value is -1.84. The number of ether oxygens (including phenoxy) is 2. The first kappa shape index (κ1) is 15.5. The molecule has 0 spiro atoms. The monoisotopic (exact) mass is 317 g/mol. The fraction of sp³-hybridized carbons (Fsp3) is 0.417. The minimum Gasteiger partial charge on any atom is -0.490 e. The zero-order chi connectivity index (χ0) is 15.5. The van der Waals surface area contributed by atoms with Gasteiger partial charge in [0.05, 0.1) is 18.1 Å². The van der Waals surface area contributed by atoms with Gasteiger partial charge in [-0.25, -0.2) is 17.9 Å². The van der Waals surface area contributed by atoms with Crippen molar-refractivity contribution in [3.63, 3.8) is 0 Å². The number of aliphatic hydroxyl groups excluding tert-OH is 1. The van der Waals surface area contributed by atoms with Crippen LogP contribution in [0.2, 0.25) is 0 Å². The number of nitrogens with one attached hydrogen (secondary N) is 1. The van der Waals surface area contributed by atoms with E-state index in [9.17, 15) is 13.2 Å². The van der Waals surface area contributed by atoms with Crippen LogP contribution >= 0.6 is 0 Å². The van der Waals surface area contributed by atoms with Gasteiger partial charge < -0.3 is 19.7 Å². The van der Waals surface area contributed by atoms with Gasteiger partial charge in [-0.2, -0.15) is 0 Å². The Morgan fingerprint density at radius 1 is 1.29 bits per heavy atom. The lowest BCUT2D eigenvalue weighted by Gasteiger charge is -2.11. The zero-order valence-electron chi connectivity index (χ0n) is 11.0. The van der Waals surface area contributed by atoms with Gasteiger partial charge in [0.1, 0.15) is 0 Å². The van der Waals surface area contributed by atoms with Crippen LogP contribution in [0.15, 0.2) is 23.1 Å². The highest BCUT2D eigenvalue weighted by Crippen LogP contribution is 2.31. The lowest BCUT2D eigenvalue weighted by molar-refractivity contribution is -0.146. The number of sulfonamides is 1. The van der Waals surface area contributed by atoms with Gasteiger partial charge >= 0.3 is 5.97 Å². The normalized spacial score (nSPS) is 16.0. The van der Waals surface area contributed by atoms with Crippen molar-refractivity contribution in [3.05, 3.63) is 18.2 Å². The van der Waals surface area contributed by atoms with Crippen LogP contribution in [0.1, 0.15) is 6.42 Å². The maximum Gasteiger partial charge on any atom is 0.333 e. The molecule has 116 valence electrons. The third kappa shape index (κ3) is 3.84. The molecule has 0 saturated carbocycles. The third-order valence-corrected chi connectivity index (χ3v) is 4.20. The molecule has 0 bridgehead atoms. The Morgan fingerprint density at radius 3 is 2.62 bits per heavy atom. The molecular weight excluding hydrogens is 302 g/mol. The molecule has 9 heteroatoms. The maximum atomic E-state index is 12.0. The molecule has 1 aliphatic heterocycles. The summed E-state index contributed by atoms with van der Waals surface area (Å²) in [5.74, 6) is -0.734. The minimum absolute atomic E-state index is 0.0932. The van der Waals surface area contributed by atoms with Crippen molar-refractivity contribution in [2.45, 2.75) is 17.4 Å². The largest absolute Gasteiger partial charge is 0.490 e. The van der Waals surface area contributed by atoms with Crippen molar-refractivity contribution in [2.24, 2.45) is 0 Å². The molecule has 3 N–H and O–H groups in total. The molecule has 0 aromatic heterocycles. The van der Waals surface area contributed by atoms with E-state index in [1.807, 2.05) is 4.72 Å². The molecule has 1 heterocycles. The van der Waals surface area contributed by atoms with E-state index in [0.29, 0.717) is 31.1 Å². The van der Waals surface area contributed by atoms with Crippen LogP contribution in [0.3, 0.4) is 0 Å². The highest BCUT2D eigenvalue weighted by molar-refractivity contribution is 7.89. The lowest BCUT2D eigenvalue weighted by atomic mass is 10.3. The first-order chi connectivity index (χ1) is 9.90. The van der Waals surface area contributed by atoms with E-state index in [0.717, 1.165) is 0 Å². The molecule has 1 aromatic rings. The zero-order valence-corrected chi connectivity index (χ0v) is 11.8. The molecule has 1 aromatic carbocycles. The minimum atomic E-state index is -3.94. The quantitative estimate of drug-likeness (QED) is 0.673. The predicted molar refractivity (Wildman–Crippen MR) is 70.9 cm³/mol. The summed E-state index contributed by atoms with van der Waals surface area (Å²) in [5, 5.41) is 17.6.